The molecule has 0 saturated carbocycles. The molecular weight excluding hydrogens is 548 g/mol. The van der Waals surface area contributed by atoms with Gasteiger partial charge in [0.1, 0.15) is 0 Å². The van der Waals surface area contributed by atoms with Gasteiger partial charge in [-0.3, -0.25) is 0 Å². The van der Waals surface area contributed by atoms with E-state index in [4.69, 9.17) is 11.6 Å². The first-order valence-electron chi connectivity index (χ1n) is 13.4. The second kappa shape index (κ2) is 12.0. The number of carbonyl (C=O) groups is 1. The molecule has 0 bridgehead atoms. The van der Waals surface area contributed by atoms with Crippen LogP contribution in [-0.2, 0) is 22.9 Å². The standard InChI is InChI=1S/C31H37ClN2O5S/c1-20-12-25(30(36)37)16-28(32)29(20)24-10-7-11-27(15-24)40(38,39)34(4)19-26(35)18-33-31(2,3)17-21-13-22-8-5-6-9-23(22)14-21/h5-12,15-16,21,26,33,35H,13-14,17-19H2,1-4H3,(H,36,37)/t26-/m0/s1. The smallest absolute Gasteiger partial charge is 0.335 e. The van der Waals surface area contributed by atoms with Crippen molar-refractivity contribution in [3.63, 3.8) is 0 Å². The SMILES string of the molecule is Cc1cc(C(=O)O)cc(Cl)c1-c1cccc(S(=O)(=O)N(C)C[C@@H](O)CNC(C)(C)CC2Cc3ccccc3C2)c1. The second-order valence-electron chi connectivity index (χ2n) is 11.4. The Balaban J connectivity index is 1.38. The zero-order valence-corrected chi connectivity index (χ0v) is 24.9. The van der Waals surface area contributed by atoms with Crippen molar-refractivity contribution in [2.24, 2.45) is 5.92 Å². The lowest BCUT2D eigenvalue weighted by Crippen LogP contribution is -2.47. The van der Waals surface area contributed by atoms with E-state index in [0.717, 1.165) is 23.6 Å². The Bertz CT molecular complexity index is 1460. The third kappa shape index (κ3) is 6.93. The van der Waals surface area contributed by atoms with E-state index in [2.05, 4.69) is 43.4 Å². The Morgan fingerprint density at radius 3 is 2.35 bits per heavy atom. The molecule has 214 valence electrons. The third-order valence-electron chi connectivity index (χ3n) is 7.58. The van der Waals surface area contributed by atoms with E-state index < -0.39 is 22.1 Å². The van der Waals surface area contributed by atoms with Crippen molar-refractivity contribution >= 4 is 27.6 Å². The van der Waals surface area contributed by atoms with E-state index in [0.29, 0.717) is 22.6 Å². The highest BCUT2D eigenvalue weighted by molar-refractivity contribution is 7.89. The normalized spacial score (nSPS) is 14.9. The molecule has 0 spiro atoms. The average Bonchev–Trinajstić information content (AvgIpc) is 3.28. The molecule has 3 aromatic rings. The topological polar surface area (TPSA) is 107 Å². The molecule has 3 aromatic carbocycles. The van der Waals surface area contributed by atoms with E-state index in [1.807, 2.05) is 0 Å². The number of aliphatic hydroxyl groups is 1. The Labute approximate surface area is 241 Å². The van der Waals surface area contributed by atoms with Crippen LogP contribution in [0.2, 0.25) is 5.02 Å². The molecule has 7 nitrogen and oxygen atoms in total. The minimum atomic E-state index is -3.91. The lowest BCUT2D eigenvalue weighted by molar-refractivity contribution is 0.0696. The zero-order valence-electron chi connectivity index (χ0n) is 23.3. The highest BCUT2D eigenvalue weighted by atomic mass is 35.5. The van der Waals surface area contributed by atoms with Crippen molar-refractivity contribution in [3.8, 4) is 11.1 Å². The molecule has 1 aliphatic rings. The number of likely N-dealkylation sites (N-methyl/N-ethyl adjacent to an activating group) is 1. The number of fused-ring (bicyclic) bond motifs is 1. The van der Waals surface area contributed by atoms with Gasteiger partial charge >= 0.3 is 5.97 Å². The number of β-amino-alcohol motifs (C(OH)–C–C–N with tert-alkyl or cyclic N) is 1. The summed E-state index contributed by atoms with van der Waals surface area (Å²) in [6.45, 7) is 6.15. The van der Waals surface area contributed by atoms with Gasteiger partial charge < -0.3 is 15.5 Å². The monoisotopic (exact) mass is 584 g/mol. The first kappa shape index (κ1) is 30.2. The van der Waals surface area contributed by atoms with Gasteiger partial charge in [-0.15, -0.1) is 0 Å². The number of aryl methyl sites for hydroxylation is 1. The summed E-state index contributed by atoms with van der Waals surface area (Å²) >= 11 is 6.40. The summed E-state index contributed by atoms with van der Waals surface area (Å²) in [7, 11) is -2.46. The van der Waals surface area contributed by atoms with E-state index >= 15 is 0 Å². The van der Waals surface area contributed by atoms with Gasteiger partial charge in [0.05, 0.1) is 16.6 Å². The quantitative estimate of drug-likeness (QED) is 0.287. The van der Waals surface area contributed by atoms with E-state index in [1.54, 1.807) is 19.1 Å². The van der Waals surface area contributed by atoms with Crippen LogP contribution in [0.3, 0.4) is 0 Å². The van der Waals surface area contributed by atoms with Crippen LogP contribution in [0.1, 0.15) is 47.3 Å². The van der Waals surface area contributed by atoms with Crippen molar-refractivity contribution in [3.05, 3.63) is 87.9 Å². The van der Waals surface area contributed by atoms with Gasteiger partial charge in [0.15, 0.2) is 0 Å². The number of halogens is 1. The fourth-order valence-electron chi connectivity index (χ4n) is 5.67. The summed E-state index contributed by atoms with van der Waals surface area (Å²) in [4.78, 5) is 11.4. The molecule has 0 heterocycles. The maximum absolute atomic E-state index is 13.4. The molecule has 0 saturated heterocycles. The first-order chi connectivity index (χ1) is 18.8. The molecule has 40 heavy (non-hydrogen) atoms. The Morgan fingerprint density at radius 2 is 1.75 bits per heavy atom. The summed E-state index contributed by atoms with van der Waals surface area (Å²) < 4.78 is 27.9. The number of aromatic carboxylic acids is 1. The third-order valence-corrected chi connectivity index (χ3v) is 9.70. The van der Waals surface area contributed by atoms with Gasteiger partial charge in [-0.2, -0.15) is 4.31 Å². The van der Waals surface area contributed by atoms with Crippen LogP contribution in [0, 0.1) is 12.8 Å². The molecule has 0 aliphatic heterocycles. The maximum atomic E-state index is 13.4. The number of nitrogens with zero attached hydrogens (tertiary/aromatic N) is 1. The van der Waals surface area contributed by atoms with Crippen molar-refractivity contribution in [2.45, 2.75) is 56.6 Å². The number of aliphatic hydroxyl groups excluding tert-OH is 1. The summed E-state index contributed by atoms with van der Waals surface area (Å²) in [5.41, 5.74) is 4.43. The predicted molar refractivity (Wildman–Crippen MR) is 158 cm³/mol. The minimum absolute atomic E-state index is 0.0616. The molecule has 0 amide bonds. The van der Waals surface area contributed by atoms with Crippen molar-refractivity contribution in [2.75, 3.05) is 20.1 Å². The van der Waals surface area contributed by atoms with Crippen LogP contribution >= 0.6 is 11.6 Å². The van der Waals surface area contributed by atoms with Gasteiger partial charge in [0.2, 0.25) is 10.0 Å². The molecule has 3 N–H and O–H groups in total. The number of rotatable bonds is 11. The number of hydrogen-bond acceptors (Lipinski definition) is 5. The average molecular weight is 585 g/mol. The highest BCUT2D eigenvalue weighted by Crippen LogP contribution is 2.34. The van der Waals surface area contributed by atoms with Gasteiger partial charge in [-0.05, 0) is 92.5 Å². The number of carboxylic acids is 1. The van der Waals surface area contributed by atoms with Crippen LogP contribution in [-0.4, -0.2) is 60.7 Å². The molecule has 0 fully saturated rings. The van der Waals surface area contributed by atoms with Gasteiger partial charge in [-0.25, -0.2) is 13.2 Å². The summed E-state index contributed by atoms with van der Waals surface area (Å²) in [6.07, 6.45) is 2.16. The van der Waals surface area contributed by atoms with Crippen LogP contribution < -0.4 is 5.32 Å². The van der Waals surface area contributed by atoms with Crippen LogP contribution in [0.4, 0.5) is 0 Å². The molecule has 0 unspecified atom stereocenters. The number of carboxylic acid groups (broad SMARTS) is 1. The second-order valence-corrected chi connectivity index (χ2v) is 13.9. The van der Waals surface area contributed by atoms with Gasteiger partial charge in [0.25, 0.3) is 0 Å². The molecular formula is C31H37ClN2O5S. The maximum Gasteiger partial charge on any atom is 0.335 e. The number of nitrogens with one attached hydrogen (secondary N) is 1. The fourth-order valence-corrected chi connectivity index (χ4v) is 7.30. The molecule has 0 radical (unpaired) electrons. The van der Waals surface area contributed by atoms with E-state index in [9.17, 15) is 23.4 Å². The lowest BCUT2D eigenvalue weighted by Gasteiger charge is -2.31. The molecule has 0 aromatic heterocycles. The van der Waals surface area contributed by atoms with Gasteiger partial charge in [-0.1, -0.05) is 48.0 Å². The molecule has 1 atom stereocenters. The number of benzene rings is 3. The Kier molecular flexibility index (Phi) is 9.07. The predicted octanol–water partition coefficient (Wildman–Crippen LogP) is 5.17. The summed E-state index contributed by atoms with van der Waals surface area (Å²) in [5, 5.41) is 23.7. The first-order valence-corrected chi connectivity index (χ1v) is 15.2. The lowest BCUT2D eigenvalue weighted by atomic mass is 9.88. The zero-order chi connectivity index (χ0) is 29.2. The van der Waals surface area contributed by atoms with Crippen LogP contribution in [0.15, 0.2) is 65.6 Å². The van der Waals surface area contributed by atoms with E-state index in [-0.39, 0.29) is 34.1 Å². The van der Waals surface area contributed by atoms with Gasteiger partial charge in [0, 0.05) is 36.3 Å². The largest absolute Gasteiger partial charge is 0.478 e. The molecule has 9 heteroatoms. The van der Waals surface area contributed by atoms with Crippen LogP contribution in [0.5, 0.6) is 0 Å². The minimum Gasteiger partial charge on any atom is -0.478 e. The molecule has 1 aliphatic carbocycles. The van der Waals surface area contributed by atoms with E-state index in [1.165, 1.54) is 42.4 Å². The van der Waals surface area contributed by atoms with Crippen molar-refractivity contribution in [1.82, 2.24) is 9.62 Å². The van der Waals surface area contributed by atoms with Crippen molar-refractivity contribution in [1.29, 1.82) is 0 Å². The number of hydrogen-bond donors (Lipinski definition) is 3. The number of sulfonamides is 1. The highest BCUT2D eigenvalue weighted by Gasteiger charge is 2.29. The summed E-state index contributed by atoms with van der Waals surface area (Å²) in [5.74, 6) is -0.556. The van der Waals surface area contributed by atoms with Crippen LogP contribution in [0.25, 0.3) is 11.1 Å². The van der Waals surface area contributed by atoms with Crippen molar-refractivity contribution < 1.29 is 23.4 Å². The summed E-state index contributed by atoms with van der Waals surface area (Å²) in [6, 6.07) is 17.8. The Morgan fingerprint density at radius 1 is 1.10 bits per heavy atom. The Hall–Kier alpha value is -2.75. The fraction of sp³-hybridized carbons (Fsp3) is 0.387. The molecule has 4 rings (SSSR count).